The van der Waals surface area contributed by atoms with Gasteiger partial charge in [0.1, 0.15) is 5.78 Å². The Morgan fingerprint density at radius 3 is 2.67 bits per heavy atom. The first-order valence-corrected chi connectivity index (χ1v) is 9.54. The minimum absolute atomic E-state index is 0.313. The third-order valence-electron chi connectivity index (χ3n) is 8.19. The lowest BCUT2D eigenvalue weighted by Crippen LogP contribution is -2.56. The smallest absolute Gasteiger partial charge is 0.136 e. The Morgan fingerprint density at radius 2 is 1.86 bits per heavy atom. The Morgan fingerprint density at radius 1 is 1.05 bits per heavy atom. The molecule has 0 aromatic heterocycles. The molecular formula is C19H29ClO. The predicted molar refractivity (Wildman–Crippen MR) is 86.4 cm³/mol. The zero-order valence-electron chi connectivity index (χ0n) is 13.5. The second kappa shape index (κ2) is 4.73. The van der Waals surface area contributed by atoms with E-state index in [4.69, 9.17) is 11.6 Å². The standard InChI is InChI=1S/C19H29ClO/c1-18-7-3-4-14(18)17-15(6-8-18)19(2)9-5-13(20)10-12(19)11-16(17)21/h12-15,17H,3-11H2,1-2H3/t12-,13-,14+,15+,17+,18+,19+/m1/s1. The second-order valence-electron chi connectivity index (χ2n) is 9.07. The maximum atomic E-state index is 13.0. The maximum Gasteiger partial charge on any atom is 0.136 e. The number of fused-ring (bicyclic) bond motifs is 5. The summed E-state index contributed by atoms with van der Waals surface area (Å²) in [5.74, 6) is 2.90. The highest BCUT2D eigenvalue weighted by Crippen LogP contribution is 2.65. The predicted octanol–water partition coefficient (Wildman–Crippen LogP) is 5.21. The summed E-state index contributed by atoms with van der Waals surface area (Å²) in [4.78, 5) is 13.0. The van der Waals surface area contributed by atoms with Crippen LogP contribution in [0.4, 0.5) is 0 Å². The van der Waals surface area contributed by atoms with Crippen molar-refractivity contribution in [2.24, 2.45) is 34.5 Å². The van der Waals surface area contributed by atoms with Gasteiger partial charge >= 0.3 is 0 Å². The summed E-state index contributed by atoms with van der Waals surface area (Å²) in [5, 5.41) is 0.313. The number of ketones is 1. The van der Waals surface area contributed by atoms with E-state index in [0.29, 0.717) is 45.7 Å². The van der Waals surface area contributed by atoms with Crippen LogP contribution in [0.2, 0.25) is 0 Å². The van der Waals surface area contributed by atoms with Crippen molar-refractivity contribution in [1.29, 1.82) is 0 Å². The quantitative estimate of drug-likeness (QED) is 0.562. The number of halogens is 1. The minimum atomic E-state index is 0.313. The van der Waals surface area contributed by atoms with Gasteiger partial charge in [0.05, 0.1) is 0 Å². The minimum Gasteiger partial charge on any atom is -0.299 e. The van der Waals surface area contributed by atoms with E-state index < -0.39 is 0 Å². The first-order chi connectivity index (χ1) is 9.94. The molecule has 0 heterocycles. The van der Waals surface area contributed by atoms with E-state index in [0.717, 1.165) is 19.3 Å². The highest BCUT2D eigenvalue weighted by atomic mass is 35.5. The van der Waals surface area contributed by atoms with E-state index in [2.05, 4.69) is 13.8 Å². The number of alkyl halides is 1. The third kappa shape index (κ3) is 1.98. The Balaban J connectivity index is 1.69. The lowest BCUT2D eigenvalue weighted by atomic mass is 9.45. The SMILES string of the molecule is C[C@@]12CCC[C@H]1[C@@H]1C(=O)C[C@H]3C[C@H](Cl)CC[C@]3(C)[C@H]1CC2. The second-order valence-corrected chi connectivity index (χ2v) is 9.69. The molecule has 0 radical (unpaired) electrons. The van der Waals surface area contributed by atoms with Crippen LogP contribution in [-0.4, -0.2) is 11.2 Å². The lowest BCUT2D eigenvalue weighted by Gasteiger charge is -2.59. The van der Waals surface area contributed by atoms with Gasteiger partial charge in [-0.05, 0) is 73.5 Å². The van der Waals surface area contributed by atoms with Crippen LogP contribution in [0, 0.1) is 34.5 Å². The fourth-order valence-electron chi connectivity index (χ4n) is 6.87. The first kappa shape index (κ1) is 14.5. The Bertz CT molecular complexity index is 460. The highest BCUT2D eigenvalue weighted by molar-refractivity contribution is 6.20. The molecule has 21 heavy (non-hydrogen) atoms. The van der Waals surface area contributed by atoms with Crippen molar-refractivity contribution in [2.75, 3.05) is 0 Å². The van der Waals surface area contributed by atoms with Gasteiger partial charge in [0.15, 0.2) is 0 Å². The fourth-order valence-corrected chi connectivity index (χ4v) is 7.19. The molecule has 4 saturated carbocycles. The molecule has 1 nitrogen and oxygen atoms in total. The van der Waals surface area contributed by atoms with Crippen molar-refractivity contribution < 1.29 is 4.79 Å². The third-order valence-corrected chi connectivity index (χ3v) is 8.58. The van der Waals surface area contributed by atoms with Gasteiger partial charge in [-0.2, -0.15) is 0 Å². The zero-order valence-corrected chi connectivity index (χ0v) is 14.3. The molecule has 118 valence electrons. The Hall–Kier alpha value is -0.0400. The monoisotopic (exact) mass is 308 g/mol. The Kier molecular flexibility index (Phi) is 3.27. The zero-order chi connectivity index (χ0) is 14.8. The normalized spacial score (nSPS) is 56.5. The van der Waals surface area contributed by atoms with Crippen LogP contribution < -0.4 is 0 Å². The largest absolute Gasteiger partial charge is 0.299 e. The molecule has 4 fully saturated rings. The van der Waals surface area contributed by atoms with Gasteiger partial charge in [-0.3, -0.25) is 4.79 Å². The topological polar surface area (TPSA) is 17.1 Å². The molecule has 0 saturated heterocycles. The summed E-state index contributed by atoms with van der Waals surface area (Å²) in [6, 6.07) is 0. The summed E-state index contributed by atoms with van der Waals surface area (Å²) in [6.45, 7) is 4.97. The Labute approximate surface area is 134 Å². The molecule has 4 rings (SSSR count). The van der Waals surface area contributed by atoms with Crippen molar-refractivity contribution in [3.05, 3.63) is 0 Å². The molecule has 0 aliphatic heterocycles. The van der Waals surface area contributed by atoms with E-state index in [9.17, 15) is 4.79 Å². The van der Waals surface area contributed by atoms with Gasteiger partial charge in [-0.15, -0.1) is 11.6 Å². The average Bonchev–Trinajstić information content (AvgIpc) is 2.82. The molecule has 0 N–H and O–H groups in total. The summed E-state index contributed by atoms with van der Waals surface area (Å²) >= 11 is 6.42. The molecule has 0 amide bonds. The van der Waals surface area contributed by atoms with Crippen LogP contribution in [0.1, 0.15) is 71.6 Å². The van der Waals surface area contributed by atoms with E-state index in [1.54, 1.807) is 0 Å². The number of hydrogen-bond acceptors (Lipinski definition) is 1. The van der Waals surface area contributed by atoms with Gasteiger partial charge < -0.3 is 0 Å². The number of Topliss-reactive ketones (excluding diaryl/α,β-unsaturated/α-hetero) is 1. The van der Waals surface area contributed by atoms with Crippen LogP contribution in [0.5, 0.6) is 0 Å². The van der Waals surface area contributed by atoms with Crippen LogP contribution in [-0.2, 0) is 4.79 Å². The van der Waals surface area contributed by atoms with Gasteiger partial charge in [-0.1, -0.05) is 20.3 Å². The van der Waals surface area contributed by atoms with Gasteiger partial charge in [0.25, 0.3) is 0 Å². The van der Waals surface area contributed by atoms with E-state index in [1.807, 2.05) is 0 Å². The summed E-state index contributed by atoms with van der Waals surface area (Å²) in [6.07, 6.45) is 11.0. The molecule has 0 bridgehead atoms. The molecule has 4 aliphatic rings. The summed E-state index contributed by atoms with van der Waals surface area (Å²) in [5.41, 5.74) is 0.873. The number of carbonyl (C=O) groups excluding carboxylic acids is 1. The fraction of sp³-hybridized carbons (Fsp3) is 0.947. The van der Waals surface area contributed by atoms with Crippen molar-refractivity contribution in [2.45, 2.75) is 77.0 Å². The van der Waals surface area contributed by atoms with Crippen LogP contribution >= 0.6 is 11.6 Å². The first-order valence-electron chi connectivity index (χ1n) is 9.11. The van der Waals surface area contributed by atoms with Gasteiger partial charge in [0.2, 0.25) is 0 Å². The highest BCUT2D eigenvalue weighted by Gasteiger charge is 2.60. The lowest BCUT2D eigenvalue weighted by molar-refractivity contribution is -0.153. The van der Waals surface area contributed by atoms with Crippen molar-refractivity contribution in [3.8, 4) is 0 Å². The van der Waals surface area contributed by atoms with Crippen molar-refractivity contribution >= 4 is 17.4 Å². The van der Waals surface area contributed by atoms with Crippen molar-refractivity contribution in [3.63, 3.8) is 0 Å². The van der Waals surface area contributed by atoms with Gasteiger partial charge in [-0.25, -0.2) is 0 Å². The summed E-state index contributed by atoms with van der Waals surface area (Å²) < 4.78 is 0. The van der Waals surface area contributed by atoms with Gasteiger partial charge in [0, 0.05) is 17.7 Å². The molecular weight excluding hydrogens is 280 g/mol. The van der Waals surface area contributed by atoms with Crippen LogP contribution in [0.3, 0.4) is 0 Å². The number of hydrogen-bond donors (Lipinski definition) is 0. The molecule has 0 aromatic carbocycles. The number of carbonyl (C=O) groups is 1. The molecule has 2 heteroatoms. The summed E-state index contributed by atoms with van der Waals surface area (Å²) in [7, 11) is 0. The van der Waals surface area contributed by atoms with Crippen LogP contribution in [0.25, 0.3) is 0 Å². The molecule has 0 spiro atoms. The van der Waals surface area contributed by atoms with Crippen LogP contribution in [0.15, 0.2) is 0 Å². The maximum absolute atomic E-state index is 13.0. The average molecular weight is 309 g/mol. The van der Waals surface area contributed by atoms with E-state index >= 15 is 0 Å². The molecule has 0 aromatic rings. The molecule has 4 aliphatic carbocycles. The van der Waals surface area contributed by atoms with Crippen molar-refractivity contribution in [1.82, 2.24) is 0 Å². The molecule has 0 unspecified atom stereocenters. The van der Waals surface area contributed by atoms with E-state index in [-0.39, 0.29) is 0 Å². The number of rotatable bonds is 0. The van der Waals surface area contributed by atoms with E-state index in [1.165, 1.54) is 38.5 Å². The molecule has 7 atom stereocenters.